The first kappa shape index (κ1) is 55.5. The van der Waals surface area contributed by atoms with Crippen LogP contribution in [0.4, 0.5) is 0 Å². The van der Waals surface area contributed by atoms with E-state index in [0.29, 0.717) is 0 Å². The highest BCUT2D eigenvalue weighted by Crippen LogP contribution is 2.39. The molecule has 0 spiro atoms. The summed E-state index contributed by atoms with van der Waals surface area (Å²) in [5, 5.41) is 10.9. The van der Waals surface area contributed by atoms with Gasteiger partial charge in [0, 0.05) is 103 Å². The number of nitrogens with zero attached hydrogens (tertiary/aromatic N) is 12. The van der Waals surface area contributed by atoms with Crippen molar-refractivity contribution in [3.05, 3.63) is 304 Å². The fraction of sp³-hybridized carbons (Fsp3) is 0. The van der Waals surface area contributed by atoms with Crippen LogP contribution in [0, 0.1) is 0 Å². The minimum absolute atomic E-state index is 0.761. The van der Waals surface area contributed by atoms with Crippen LogP contribution in [0.1, 0.15) is 0 Å². The third-order valence-electron chi connectivity index (χ3n) is 17.9. The molecule has 0 atom stereocenters. The molecule has 0 aliphatic rings. The number of aromatic nitrogens is 12. The lowest BCUT2D eigenvalue weighted by Crippen LogP contribution is -1.92. The molecule has 10 aromatic heterocycles. The van der Waals surface area contributed by atoms with Crippen LogP contribution in [0.15, 0.2) is 304 Å². The summed E-state index contributed by atoms with van der Waals surface area (Å²) in [5.41, 5.74) is 23.4. The van der Waals surface area contributed by atoms with E-state index in [1.165, 1.54) is 0 Å². The molecular weight excluding hydrogens is 1180 g/mol. The van der Waals surface area contributed by atoms with Crippen molar-refractivity contribution in [1.82, 2.24) is 59.8 Å². The number of pyridine rings is 8. The predicted octanol–water partition coefficient (Wildman–Crippen LogP) is 19.8. The molecule has 0 bridgehead atoms. The molecule has 0 radical (unpaired) electrons. The number of hydrogen-bond acceptors (Lipinski definition) is 12. The molecule has 10 heterocycles. The Morgan fingerprint density at radius 1 is 0.188 bits per heavy atom. The standard InChI is InChI=1S/C44H26N6.C40H24N6/c1-2-6-34-33(5-1)35(14-15-36(34)40-18-9-28-8-7-27-4-3-21-47-43(27)44(28)50-40)39-19-12-31-24-29(10-16-37(31)48-39)30-11-17-38-32(25-30)13-20-41(49-38)42-26-45-22-23-46-42;1-3-31-23-33(32-4-2-18-44-40(32)39(31)43-17-1)25-5-7-26(8-6-25)34-15-11-29-21-27(9-13-35(29)45-34)28-10-14-36-30(22-28)12-16-37(46-36)38-24-41-19-20-42-38/h1-26H;1-24H. The van der Waals surface area contributed by atoms with E-state index >= 15 is 0 Å². The van der Waals surface area contributed by atoms with Gasteiger partial charge in [-0.15, -0.1) is 0 Å². The first-order chi connectivity index (χ1) is 47.5. The first-order valence-electron chi connectivity index (χ1n) is 31.6. The fourth-order valence-corrected chi connectivity index (χ4v) is 13.1. The maximum atomic E-state index is 5.15. The van der Waals surface area contributed by atoms with Gasteiger partial charge in [-0.3, -0.25) is 34.9 Å². The van der Waals surface area contributed by atoms with Crippen LogP contribution in [0.25, 0.3) is 188 Å². The number of benzene rings is 9. The predicted molar refractivity (Wildman–Crippen MR) is 387 cm³/mol. The van der Waals surface area contributed by atoms with Crippen LogP contribution < -0.4 is 0 Å². The van der Waals surface area contributed by atoms with Gasteiger partial charge in [0.2, 0.25) is 0 Å². The van der Waals surface area contributed by atoms with Crippen molar-refractivity contribution in [2.75, 3.05) is 0 Å². The van der Waals surface area contributed by atoms with E-state index in [1.807, 2.05) is 48.9 Å². The number of fused-ring (bicyclic) bond motifs is 11. The van der Waals surface area contributed by atoms with E-state index < -0.39 is 0 Å². The second-order valence-electron chi connectivity index (χ2n) is 23.7. The first-order valence-corrected chi connectivity index (χ1v) is 31.6. The maximum Gasteiger partial charge on any atom is 0.107 e. The van der Waals surface area contributed by atoms with Crippen LogP contribution in [-0.2, 0) is 0 Å². The lowest BCUT2D eigenvalue weighted by Gasteiger charge is -2.13. The molecule has 0 saturated heterocycles. The average molecular weight is 1230 g/mol. The highest BCUT2D eigenvalue weighted by Gasteiger charge is 2.17. The van der Waals surface area contributed by atoms with E-state index in [-0.39, 0.29) is 0 Å². The molecule has 96 heavy (non-hydrogen) atoms. The van der Waals surface area contributed by atoms with Gasteiger partial charge in [-0.1, -0.05) is 146 Å². The van der Waals surface area contributed by atoms with Gasteiger partial charge in [0.25, 0.3) is 0 Å². The summed E-state index contributed by atoms with van der Waals surface area (Å²) >= 11 is 0. The van der Waals surface area contributed by atoms with Crippen molar-refractivity contribution >= 4 is 98.0 Å². The van der Waals surface area contributed by atoms with E-state index in [0.717, 1.165) is 188 Å². The van der Waals surface area contributed by atoms with E-state index in [4.69, 9.17) is 24.9 Å². The molecular formula is C84H50N12. The van der Waals surface area contributed by atoms with Crippen molar-refractivity contribution in [3.8, 4) is 89.9 Å². The topological polar surface area (TPSA) is 155 Å². The van der Waals surface area contributed by atoms with Crippen molar-refractivity contribution in [1.29, 1.82) is 0 Å². The Morgan fingerprint density at radius 2 is 0.583 bits per heavy atom. The van der Waals surface area contributed by atoms with Gasteiger partial charge < -0.3 is 0 Å². The van der Waals surface area contributed by atoms with Crippen molar-refractivity contribution in [2.45, 2.75) is 0 Å². The molecule has 0 amide bonds. The molecule has 0 unspecified atom stereocenters. The van der Waals surface area contributed by atoms with E-state index in [2.05, 4.69) is 253 Å². The Hall–Kier alpha value is -13.3. The van der Waals surface area contributed by atoms with Gasteiger partial charge in [-0.2, -0.15) is 0 Å². The van der Waals surface area contributed by atoms with E-state index in [9.17, 15) is 0 Å². The molecule has 12 nitrogen and oxygen atoms in total. The van der Waals surface area contributed by atoms with Crippen molar-refractivity contribution in [2.24, 2.45) is 0 Å². The zero-order chi connectivity index (χ0) is 63.5. The summed E-state index contributed by atoms with van der Waals surface area (Å²) < 4.78 is 0. The molecule has 0 fully saturated rings. The molecule has 9 aromatic carbocycles. The van der Waals surface area contributed by atoms with Crippen LogP contribution in [0.5, 0.6) is 0 Å². The summed E-state index contributed by atoms with van der Waals surface area (Å²) in [5.74, 6) is 0. The van der Waals surface area contributed by atoms with E-state index in [1.54, 1.807) is 37.2 Å². The van der Waals surface area contributed by atoms with Gasteiger partial charge in [-0.25, -0.2) is 24.9 Å². The normalized spacial score (nSPS) is 11.5. The summed E-state index contributed by atoms with van der Waals surface area (Å²) in [6.07, 6.45) is 15.6. The molecule has 19 aromatic rings. The third kappa shape index (κ3) is 10.2. The minimum atomic E-state index is 0.761. The van der Waals surface area contributed by atoms with Gasteiger partial charge in [0.05, 0.1) is 85.0 Å². The summed E-state index contributed by atoms with van der Waals surface area (Å²) in [6.45, 7) is 0. The Morgan fingerprint density at radius 3 is 1.11 bits per heavy atom. The van der Waals surface area contributed by atoms with Crippen LogP contribution in [-0.4, -0.2) is 59.8 Å². The Balaban J connectivity index is 0.000000141. The fourth-order valence-electron chi connectivity index (χ4n) is 13.1. The third-order valence-corrected chi connectivity index (χ3v) is 17.9. The monoisotopic (exact) mass is 1230 g/mol. The largest absolute Gasteiger partial charge is 0.261 e. The average Bonchev–Trinajstić information content (AvgIpc) is 0.787. The Bertz CT molecular complexity index is 6290. The zero-order valence-electron chi connectivity index (χ0n) is 51.2. The number of rotatable bonds is 8. The molecule has 446 valence electrons. The molecule has 12 heteroatoms. The lowest BCUT2D eigenvalue weighted by atomic mass is 9.95. The Labute approximate surface area is 549 Å². The van der Waals surface area contributed by atoms with Gasteiger partial charge in [0.15, 0.2) is 0 Å². The smallest absolute Gasteiger partial charge is 0.107 e. The molecule has 0 aliphatic heterocycles. The summed E-state index contributed by atoms with van der Waals surface area (Å²) in [7, 11) is 0. The van der Waals surface area contributed by atoms with Crippen molar-refractivity contribution < 1.29 is 0 Å². The summed E-state index contributed by atoms with van der Waals surface area (Å²) in [6, 6.07) is 86.7. The van der Waals surface area contributed by atoms with Gasteiger partial charge in [0.1, 0.15) is 11.4 Å². The van der Waals surface area contributed by atoms with Gasteiger partial charge in [-0.05, 0) is 147 Å². The Kier molecular flexibility index (Phi) is 13.5. The van der Waals surface area contributed by atoms with Crippen LogP contribution in [0.3, 0.4) is 0 Å². The lowest BCUT2D eigenvalue weighted by molar-refractivity contribution is 1.19. The second-order valence-corrected chi connectivity index (χ2v) is 23.7. The van der Waals surface area contributed by atoms with Crippen molar-refractivity contribution in [3.63, 3.8) is 0 Å². The highest BCUT2D eigenvalue weighted by molar-refractivity contribution is 6.11. The summed E-state index contributed by atoms with van der Waals surface area (Å²) in [4.78, 5) is 55.9. The van der Waals surface area contributed by atoms with Gasteiger partial charge >= 0.3 is 0 Å². The highest BCUT2D eigenvalue weighted by atomic mass is 14.8. The minimum Gasteiger partial charge on any atom is -0.261 e. The molecule has 19 rings (SSSR count). The maximum absolute atomic E-state index is 5.15. The molecule has 0 N–H and O–H groups in total. The zero-order valence-corrected chi connectivity index (χ0v) is 51.2. The molecule has 0 saturated carbocycles. The second kappa shape index (κ2) is 23.4. The van der Waals surface area contributed by atoms with Crippen LogP contribution in [0.2, 0.25) is 0 Å². The number of hydrogen-bond donors (Lipinski definition) is 0. The van der Waals surface area contributed by atoms with Crippen LogP contribution >= 0.6 is 0 Å². The SMILES string of the molecule is c1cnc2c(c1)cc(-c1ccc(-c3ccc4cc(-c5ccc6nc(-c7cnccn7)ccc6c5)ccc4n3)cc1)c1cccnc12.c1cnc2c(c1)ccc1ccc(-c3ccc(-c4ccc5cc(-c6ccc7nc(-c8cnccn8)ccc7c6)ccc5n4)c4ccccc34)nc12. The molecule has 0 aliphatic carbocycles. The quantitative estimate of drug-likeness (QED) is 0.133.